The van der Waals surface area contributed by atoms with Crippen LogP contribution in [0.25, 0.3) is 5.52 Å². The number of aryl methyl sites for hydroxylation is 1. The number of carbonyl (C=O) groups excluding carboxylic acids is 1. The Hall–Kier alpha value is -3.41. The number of nitrogens with two attached hydrogens (primary N) is 1. The van der Waals surface area contributed by atoms with Crippen LogP contribution in [0.15, 0.2) is 58.7 Å². The highest BCUT2D eigenvalue weighted by atomic mass is 32.2. The van der Waals surface area contributed by atoms with E-state index in [1.165, 1.54) is 11.8 Å². The first-order valence-corrected chi connectivity index (χ1v) is 12.0. The van der Waals surface area contributed by atoms with Gasteiger partial charge in [0.05, 0.1) is 6.54 Å². The molecule has 1 aliphatic heterocycles. The molecule has 1 saturated heterocycles. The monoisotopic (exact) mass is 477 g/mol. The van der Waals surface area contributed by atoms with Crippen molar-refractivity contribution in [3.05, 3.63) is 54.4 Å². The average molecular weight is 478 g/mol. The fourth-order valence-corrected chi connectivity index (χ4v) is 4.63. The Bertz CT molecular complexity index is 1280. The number of aromatic amines is 1. The Labute approximate surface area is 201 Å². The molecule has 0 atom stereocenters. The van der Waals surface area contributed by atoms with Gasteiger partial charge in [-0.2, -0.15) is 5.10 Å². The number of nitrogens with zero attached hydrogens (tertiary/aromatic N) is 5. The summed E-state index contributed by atoms with van der Waals surface area (Å²) in [4.78, 5) is 20.2. The molecular formula is C23H27N9OS. The van der Waals surface area contributed by atoms with Crippen LogP contribution in [0.4, 0.5) is 17.3 Å². The minimum atomic E-state index is -0.0124. The van der Waals surface area contributed by atoms with Gasteiger partial charge in [-0.25, -0.2) is 9.50 Å². The lowest BCUT2D eigenvalue weighted by atomic mass is 10.1. The molecular weight excluding hydrogens is 450 g/mol. The SMILES string of the molecule is Cc1cc(Nc2nc(Sc3ccc(NC(=O)CN4CCC(N)CC4)cc3)nn3cccc23)n[nH]1. The van der Waals surface area contributed by atoms with Gasteiger partial charge in [0.1, 0.15) is 5.52 Å². The van der Waals surface area contributed by atoms with Crippen molar-refractivity contribution in [3.63, 3.8) is 0 Å². The molecule has 0 bridgehead atoms. The fraction of sp³-hybridized carbons (Fsp3) is 0.304. The zero-order valence-electron chi connectivity index (χ0n) is 18.9. The zero-order chi connectivity index (χ0) is 23.5. The average Bonchev–Trinajstić information content (AvgIpc) is 3.45. The zero-order valence-corrected chi connectivity index (χ0v) is 19.7. The van der Waals surface area contributed by atoms with Crippen LogP contribution in [-0.4, -0.2) is 61.3 Å². The lowest BCUT2D eigenvalue weighted by Gasteiger charge is -2.29. The summed E-state index contributed by atoms with van der Waals surface area (Å²) < 4.78 is 1.79. The minimum absolute atomic E-state index is 0.0124. The van der Waals surface area contributed by atoms with Crippen molar-refractivity contribution in [2.45, 2.75) is 35.9 Å². The first kappa shape index (κ1) is 22.4. The number of H-pyrrole nitrogens is 1. The molecule has 4 aromatic rings. The van der Waals surface area contributed by atoms with Crippen LogP contribution in [0, 0.1) is 6.92 Å². The number of hydrogen-bond donors (Lipinski definition) is 4. The van der Waals surface area contributed by atoms with Crippen LogP contribution in [0.3, 0.4) is 0 Å². The van der Waals surface area contributed by atoms with Gasteiger partial charge in [-0.05, 0) is 67.9 Å². The van der Waals surface area contributed by atoms with Gasteiger partial charge in [-0.3, -0.25) is 14.8 Å². The van der Waals surface area contributed by atoms with Crippen molar-refractivity contribution in [2.75, 3.05) is 30.3 Å². The van der Waals surface area contributed by atoms with E-state index < -0.39 is 0 Å². The maximum Gasteiger partial charge on any atom is 0.238 e. The van der Waals surface area contributed by atoms with Gasteiger partial charge < -0.3 is 16.4 Å². The summed E-state index contributed by atoms with van der Waals surface area (Å²) in [5, 5.41) is 18.6. The van der Waals surface area contributed by atoms with E-state index in [9.17, 15) is 4.79 Å². The van der Waals surface area contributed by atoms with Crippen molar-refractivity contribution in [1.82, 2.24) is 29.7 Å². The quantitative estimate of drug-likeness (QED) is 0.320. The van der Waals surface area contributed by atoms with Crippen LogP contribution in [0.2, 0.25) is 0 Å². The Morgan fingerprint density at radius 3 is 2.76 bits per heavy atom. The summed E-state index contributed by atoms with van der Waals surface area (Å²) in [6.45, 7) is 4.07. The second kappa shape index (κ2) is 9.84. The van der Waals surface area contributed by atoms with Crippen LogP contribution in [0.5, 0.6) is 0 Å². The molecule has 10 nitrogen and oxygen atoms in total. The molecule has 0 unspecified atom stereocenters. The number of carbonyl (C=O) groups is 1. The predicted molar refractivity (Wildman–Crippen MR) is 132 cm³/mol. The maximum atomic E-state index is 12.4. The summed E-state index contributed by atoms with van der Waals surface area (Å²) in [6, 6.07) is 13.7. The molecule has 5 N–H and O–H groups in total. The Morgan fingerprint density at radius 2 is 2.03 bits per heavy atom. The number of benzene rings is 1. The number of fused-ring (bicyclic) bond motifs is 1. The topological polar surface area (TPSA) is 129 Å². The van der Waals surface area contributed by atoms with Gasteiger partial charge in [-0.15, -0.1) is 5.10 Å². The first-order valence-electron chi connectivity index (χ1n) is 11.2. The normalized spacial score (nSPS) is 15.0. The molecule has 3 aromatic heterocycles. The number of anilines is 3. The molecule has 1 aromatic carbocycles. The van der Waals surface area contributed by atoms with E-state index in [0.29, 0.717) is 23.3 Å². The number of piperidine rings is 1. The molecule has 11 heteroatoms. The summed E-state index contributed by atoms with van der Waals surface area (Å²) >= 11 is 1.45. The largest absolute Gasteiger partial charge is 0.328 e. The second-order valence-corrected chi connectivity index (χ2v) is 9.47. The van der Waals surface area contributed by atoms with Crippen molar-refractivity contribution in [1.29, 1.82) is 0 Å². The van der Waals surface area contributed by atoms with Gasteiger partial charge in [-0.1, -0.05) is 0 Å². The molecule has 0 saturated carbocycles. The van der Waals surface area contributed by atoms with Gasteiger partial charge >= 0.3 is 0 Å². The van der Waals surface area contributed by atoms with Crippen LogP contribution >= 0.6 is 11.8 Å². The van der Waals surface area contributed by atoms with Crippen LogP contribution < -0.4 is 16.4 Å². The Kier molecular flexibility index (Phi) is 6.48. The number of amides is 1. The molecule has 5 rings (SSSR count). The predicted octanol–water partition coefficient (Wildman–Crippen LogP) is 3.02. The lowest BCUT2D eigenvalue weighted by Crippen LogP contribution is -2.43. The van der Waals surface area contributed by atoms with Gasteiger partial charge in [0.25, 0.3) is 0 Å². The van der Waals surface area contributed by atoms with Gasteiger partial charge in [0, 0.05) is 47.7 Å². The number of aromatic nitrogens is 5. The lowest BCUT2D eigenvalue weighted by molar-refractivity contribution is -0.117. The first-order chi connectivity index (χ1) is 16.5. The number of nitrogens with one attached hydrogen (secondary N) is 3. The highest BCUT2D eigenvalue weighted by molar-refractivity contribution is 7.99. The van der Waals surface area contributed by atoms with Crippen molar-refractivity contribution in [3.8, 4) is 0 Å². The minimum Gasteiger partial charge on any atom is -0.328 e. The summed E-state index contributed by atoms with van der Waals surface area (Å²) in [5.74, 6) is 1.36. The molecule has 0 aliphatic carbocycles. The van der Waals surface area contributed by atoms with Gasteiger partial charge in [0.2, 0.25) is 11.1 Å². The number of hydrogen-bond acceptors (Lipinski definition) is 8. The molecule has 1 fully saturated rings. The fourth-order valence-electron chi connectivity index (χ4n) is 3.88. The van der Waals surface area contributed by atoms with Crippen molar-refractivity contribution >= 4 is 40.5 Å². The maximum absolute atomic E-state index is 12.4. The van der Waals surface area contributed by atoms with E-state index in [1.54, 1.807) is 4.52 Å². The van der Waals surface area contributed by atoms with E-state index >= 15 is 0 Å². The summed E-state index contributed by atoms with van der Waals surface area (Å²) in [6.07, 6.45) is 3.76. The third-order valence-corrected chi connectivity index (χ3v) is 6.53. The number of likely N-dealkylation sites (tertiary alicyclic amines) is 1. The van der Waals surface area contributed by atoms with Crippen LogP contribution in [-0.2, 0) is 4.79 Å². The van der Waals surface area contributed by atoms with Crippen LogP contribution in [0.1, 0.15) is 18.5 Å². The van der Waals surface area contributed by atoms with E-state index in [-0.39, 0.29) is 11.9 Å². The molecule has 176 valence electrons. The Morgan fingerprint density at radius 1 is 1.24 bits per heavy atom. The van der Waals surface area contributed by atoms with E-state index in [4.69, 9.17) is 10.7 Å². The highest BCUT2D eigenvalue weighted by Gasteiger charge is 2.18. The third kappa shape index (κ3) is 5.38. The standard InChI is InChI=1S/C23H27N9OS/c1-15-13-20(29-28-15)26-22-19-3-2-10-32(19)30-23(27-22)34-18-6-4-17(5-7-18)25-21(33)14-31-11-8-16(24)9-12-31/h2-7,10,13,16H,8-9,11-12,14,24H2,1H3,(H,25,33)(H2,26,27,28,29,30). The molecule has 34 heavy (non-hydrogen) atoms. The van der Waals surface area contributed by atoms with E-state index in [2.05, 4.69) is 30.8 Å². The summed E-state index contributed by atoms with van der Waals surface area (Å²) in [7, 11) is 0. The second-order valence-electron chi connectivity index (χ2n) is 8.43. The van der Waals surface area contributed by atoms with E-state index in [1.807, 2.05) is 55.6 Å². The third-order valence-electron chi connectivity index (χ3n) is 5.67. The highest BCUT2D eigenvalue weighted by Crippen LogP contribution is 2.29. The van der Waals surface area contributed by atoms with Crippen molar-refractivity contribution < 1.29 is 4.79 Å². The van der Waals surface area contributed by atoms with Crippen molar-refractivity contribution in [2.24, 2.45) is 5.73 Å². The molecule has 0 radical (unpaired) electrons. The molecule has 1 aliphatic rings. The number of rotatable bonds is 7. The Balaban J connectivity index is 1.24. The van der Waals surface area contributed by atoms with E-state index in [0.717, 1.165) is 47.7 Å². The smallest absolute Gasteiger partial charge is 0.238 e. The van der Waals surface area contributed by atoms with Gasteiger partial charge in [0.15, 0.2) is 11.6 Å². The molecule has 4 heterocycles. The molecule has 1 amide bonds. The molecule has 0 spiro atoms. The summed E-state index contributed by atoms with van der Waals surface area (Å²) in [5.41, 5.74) is 8.53.